The second-order valence-electron chi connectivity index (χ2n) is 5.67. The molecule has 0 aliphatic heterocycles. The van der Waals surface area contributed by atoms with Gasteiger partial charge in [0.1, 0.15) is 0 Å². The molecule has 0 bridgehead atoms. The Morgan fingerprint density at radius 1 is 1.33 bits per heavy atom. The first-order valence-corrected chi connectivity index (χ1v) is 7.40. The highest BCUT2D eigenvalue weighted by Crippen LogP contribution is 2.36. The van der Waals surface area contributed by atoms with E-state index in [0.29, 0.717) is 6.54 Å². The van der Waals surface area contributed by atoms with E-state index >= 15 is 0 Å². The number of hydrogen-bond acceptors (Lipinski definition) is 3. The number of halogens is 1. The van der Waals surface area contributed by atoms with E-state index in [1.807, 2.05) is 0 Å². The molecule has 0 spiro atoms. The largest absolute Gasteiger partial charge is 0.490 e. The van der Waals surface area contributed by atoms with Gasteiger partial charge in [0.2, 0.25) is 5.91 Å². The van der Waals surface area contributed by atoms with Crippen LogP contribution in [0.15, 0.2) is 24.3 Å². The summed E-state index contributed by atoms with van der Waals surface area (Å²) in [5, 5.41) is 12.3. The molecule has 1 aliphatic rings. The van der Waals surface area contributed by atoms with Crippen molar-refractivity contribution in [1.29, 1.82) is 0 Å². The van der Waals surface area contributed by atoms with E-state index in [1.165, 1.54) is 12.1 Å². The van der Waals surface area contributed by atoms with Crippen LogP contribution in [0.3, 0.4) is 0 Å². The molecule has 2 rings (SSSR count). The van der Waals surface area contributed by atoms with Crippen molar-refractivity contribution in [3.8, 4) is 5.75 Å². The van der Waals surface area contributed by atoms with Gasteiger partial charge < -0.3 is 15.2 Å². The summed E-state index contributed by atoms with van der Waals surface area (Å²) >= 11 is 0. The summed E-state index contributed by atoms with van der Waals surface area (Å²) in [6.45, 7) is 0.750. The summed E-state index contributed by atoms with van der Waals surface area (Å²) in [5.74, 6) is -0.401. The molecule has 1 aromatic carbocycles. The highest BCUT2D eigenvalue weighted by molar-refractivity contribution is 5.76. The lowest BCUT2D eigenvalue weighted by atomic mass is 9.87. The van der Waals surface area contributed by atoms with Crippen LogP contribution in [-0.2, 0) is 4.79 Å². The molecular formula is C16H22FNO3. The molecule has 5 heteroatoms. The quantitative estimate of drug-likeness (QED) is 0.811. The van der Waals surface area contributed by atoms with Crippen LogP contribution in [0.1, 0.15) is 32.1 Å². The number of ether oxygens (including phenoxy) is 1. The molecule has 0 unspecified atom stereocenters. The zero-order valence-corrected chi connectivity index (χ0v) is 12.1. The molecule has 1 amide bonds. The van der Waals surface area contributed by atoms with Crippen LogP contribution >= 0.6 is 0 Å². The lowest BCUT2D eigenvalue weighted by Crippen LogP contribution is -2.38. The van der Waals surface area contributed by atoms with Crippen molar-refractivity contribution in [3.63, 3.8) is 0 Å². The fraction of sp³-hybridized carbons (Fsp3) is 0.562. The van der Waals surface area contributed by atoms with Gasteiger partial charge in [0.05, 0.1) is 19.6 Å². The molecule has 1 aliphatic carbocycles. The first kappa shape index (κ1) is 15.8. The van der Waals surface area contributed by atoms with Crippen molar-refractivity contribution in [1.82, 2.24) is 5.32 Å². The molecule has 1 aromatic rings. The van der Waals surface area contributed by atoms with Crippen LogP contribution in [0.4, 0.5) is 4.39 Å². The van der Waals surface area contributed by atoms with Crippen molar-refractivity contribution < 1.29 is 19.0 Å². The molecule has 1 saturated carbocycles. The predicted octanol–water partition coefficient (Wildman–Crippen LogP) is 2.26. The van der Waals surface area contributed by atoms with Gasteiger partial charge in [0.25, 0.3) is 0 Å². The zero-order valence-electron chi connectivity index (χ0n) is 12.1. The number of amides is 1. The second kappa shape index (κ2) is 7.41. The number of rotatable bonds is 7. The number of aliphatic hydroxyl groups excluding tert-OH is 1. The Bertz CT molecular complexity index is 472. The van der Waals surface area contributed by atoms with E-state index in [-0.39, 0.29) is 36.7 Å². The smallest absolute Gasteiger partial charge is 0.223 e. The minimum atomic E-state index is -0.428. The van der Waals surface area contributed by atoms with Crippen molar-refractivity contribution in [2.24, 2.45) is 5.41 Å². The summed E-state index contributed by atoms with van der Waals surface area (Å²) in [7, 11) is 0. The van der Waals surface area contributed by atoms with Gasteiger partial charge in [-0.1, -0.05) is 25.0 Å². The van der Waals surface area contributed by atoms with E-state index in [0.717, 1.165) is 25.7 Å². The van der Waals surface area contributed by atoms with Gasteiger partial charge >= 0.3 is 0 Å². The minimum absolute atomic E-state index is 0.110. The summed E-state index contributed by atoms with van der Waals surface area (Å²) in [6, 6.07) is 6.13. The lowest BCUT2D eigenvalue weighted by molar-refractivity contribution is -0.122. The third kappa shape index (κ3) is 4.43. The molecule has 21 heavy (non-hydrogen) atoms. The van der Waals surface area contributed by atoms with Crippen molar-refractivity contribution in [2.45, 2.75) is 32.1 Å². The van der Waals surface area contributed by atoms with Gasteiger partial charge in [-0.15, -0.1) is 0 Å². The average molecular weight is 295 g/mol. The topological polar surface area (TPSA) is 58.6 Å². The van der Waals surface area contributed by atoms with Crippen LogP contribution in [0.25, 0.3) is 0 Å². The van der Waals surface area contributed by atoms with Gasteiger partial charge in [-0.3, -0.25) is 4.79 Å². The predicted molar refractivity (Wildman–Crippen MR) is 77.5 cm³/mol. The fourth-order valence-corrected chi connectivity index (χ4v) is 2.71. The Kier molecular flexibility index (Phi) is 5.56. The molecule has 1 fully saturated rings. The lowest BCUT2D eigenvalue weighted by Gasteiger charge is -2.26. The monoisotopic (exact) mass is 295 g/mol. The van der Waals surface area contributed by atoms with Gasteiger partial charge in [-0.2, -0.15) is 0 Å². The number of benzene rings is 1. The SMILES string of the molecule is O=C(CCOc1ccccc1F)NCC1(CO)CCCC1. The molecule has 2 N–H and O–H groups in total. The molecule has 0 radical (unpaired) electrons. The Labute approximate surface area is 124 Å². The standard InChI is InChI=1S/C16H22FNO3/c17-13-5-1-2-6-14(13)21-10-7-15(20)18-11-16(12-19)8-3-4-9-16/h1-2,5-6,19H,3-4,7-12H2,(H,18,20). The molecule has 0 saturated heterocycles. The van der Waals surface area contributed by atoms with Gasteiger partial charge in [0, 0.05) is 12.0 Å². The molecule has 4 nitrogen and oxygen atoms in total. The highest BCUT2D eigenvalue weighted by atomic mass is 19.1. The Morgan fingerprint density at radius 3 is 2.71 bits per heavy atom. The number of para-hydroxylation sites is 1. The summed E-state index contributed by atoms with van der Waals surface area (Å²) in [4.78, 5) is 11.8. The molecule has 0 aromatic heterocycles. The van der Waals surface area contributed by atoms with E-state index in [9.17, 15) is 14.3 Å². The maximum absolute atomic E-state index is 13.3. The molecular weight excluding hydrogens is 273 g/mol. The maximum Gasteiger partial charge on any atom is 0.223 e. The van der Waals surface area contributed by atoms with Gasteiger partial charge in [0.15, 0.2) is 11.6 Å². The molecule has 0 heterocycles. The van der Waals surface area contributed by atoms with Crippen LogP contribution in [0, 0.1) is 11.2 Å². The second-order valence-corrected chi connectivity index (χ2v) is 5.67. The summed E-state index contributed by atoms with van der Waals surface area (Å²) in [6.07, 6.45) is 4.29. The molecule has 116 valence electrons. The summed E-state index contributed by atoms with van der Waals surface area (Å²) in [5.41, 5.74) is -0.151. The number of carbonyl (C=O) groups is 1. The molecule has 0 atom stereocenters. The third-order valence-electron chi connectivity index (χ3n) is 4.08. The van der Waals surface area contributed by atoms with Crippen LogP contribution < -0.4 is 10.1 Å². The third-order valence-corrected chi connectivity index (χ3v) is 4.08. The Morgan fingerprint density at radius 2 is 2.05 bits per heavy atom. The van der Waals surface area contributed by atoms with Crippen molar-refractivity contribution in [3.05, 3.63) is 30.1 Å². The normalized spacial score (nSPS) is 16.7. The summed E-state index contributed by atoms with van der Waals surface area (Å²) < 4.78 is 18.6. The van der Waals surface area contributed by atoms with Crippen LogP contribution in [-0.4, -0.2) is 30.8 Å². The van der Waals surface area contributed by atoms with E-state index in [1.54, 1.807) is 12.1 Å². The van der Waals surface area contributed by atoms with Gasteiger partial charge in [-0.25, -0.2) is 4.39 Å². The van der Waals surface area contributed by atoms with Gasteiger partial charge in [-0.05, 0) is 25.0 Å². The zero-order chi connectivity index (χ0) is 15.1. The number of hydrogen-bond donors (Lipinski definition) is 2. The first-order valence-electron chi connectivity index (χ1n) is 7.40. The van der Waals surface area contributed by atoms with E-state index < -0.39 is 5.82 Å². The number of nitrogens with one attached hydrogen (secondary N) is 1. The van der Waals surface area contributed by atoms with Crippen LogP contribution in [0.5, 0.6) is 5.75 Å². The number of aliphatic hydroxyl groups is 1. The number of carbonyl (C=O) groups excluding carboxylic acids is 1. The average Bonchev–Trinajstić information content (AvgIpc) is 2.97. The minimum Gasteiger partial charge on any atom is -0.490 e. The maximum atomic E-state index is 13.3. The van der Waals surface area contributed by atoms with E-state index in [2.05, 4.69) is 5.32 Å². The van der Waals surface area contributed by atoms with Crippen LogP contribution in [0.2, 0.25) is 0 Å². The first-order chi connectivity index (χ1) is 10.2. The Hall–Kier alpha value is -1.62. The fourth-order valence-electron chi connectivity index (χ4n) is 2.71. The highest BCUT2D eigenvalue weighted by Gasteiger charge is 2.33. The van der Waals surface area contributed by atoms with Crippen molar-refractivity contribution in [2.75, 3.05) is 19.8 Å². The van der Waals surface area contributed by atoms with Crippen molar-refractivity contribution >= 4 is 5.91 Å². The Balaban J connectivity index is 1.69. The van der Waals surface area contributed by atoms with E-state index in [4.69, 9.17) is 4.74 Å².